The van der Waals surface area contributed by atoms with Crippen LogP contribution in [0, 0.1) is 17.5 Å². The molecule has 1 N–H and O–H groups in total. The van der Waals surface area contributed by atoms with Crippen molar-refractivity contribution in [2.45, 2.75) is 0 Å². The SMILES string of the molecule is Fc1ccc(Nc2c(-c3c(F)cccc3F)nc3scc(-c4ccccc4)n23)cc1. The van der Waals surface area contributed by atoms with Crippen LogP contribution in [0.25, 0.3) is 27.5 Å². The van der Waals surface area contributed by atoms with E-state index in [1.54, 1.807) is 12.1 Å². The van der Waals surface area contributed by atoms with Crippen LogP contribution in [0.1, 0.15) is 0 Å². The summed E-state index contributed by atoms with van der Waals surface area (Å²) in [6.45, 7) is 0. The fourth-order valence-corrected chi connectivity index (χ4v) is 4.25. The fraction of sp³-hybridized carbons (Fsp3) is 0. The zero-order chi connectivity index (χ0) is 20.7. The second-order valence-electron chi connectivity index (χ2n) is 6.64. The molecule has 0 aliphatic rings. The Morgan fingerprint density at radius 3 is 2.20 bits per heavy atom. The van der Waals surface area contributed by atoms with Crippen molar-refractivity contribution in [1.82, 2.24) is 9.38 Å². The average molecular weight is 421 g/mol. The maximum atomic E-state index is 14.6. The molecule has 0 atom stereocenters. The molecule has 5 aromatic rings. The maximum absolute atomic E-state index is 14.6. The lowest BCUT2D eigenvalue weighted by Crippen LogP contribution is -2.00. The molecule has 0 saturated heterocycles. The van der Waals surface area contributed by atoms with Crippen molar-refractivity contribution in [3.63, 3.8) is 0 Å². The predicted molar refractivity (Wildman–Crippen MR) is 114 cm³/mol. The summed E-state index contributed by atoms with van der Waals surface area (Å²) in [7, 11) is 0. The molecule has 2 heterocycles. The van der Waals surface area contributed by atoms with Crippen LogP contribution in [0.3, 0.4) is 0 Å². The lowest BCUT2D eigenvalue weighted by atomic mass is 10.1. The van der Waals surface area contributed by atoms with Gasteiger partial charge >= 0.3 is 0 Å². The first-order chi connectivity index (χ1) is 14.6. The summed E-state index contributed by atoms with van der Waals surface area (Å²) in [5.41, 5.74) is 2.27. The van der Waals surface area contributed by atoms with Crippen molar-refractivity contribution in [3.05, 3.63) is 95.6 Å². The smallest absolute Gasteiger partial charge is 0.196 e. The minimum absolute atomic E-state index is 0.152. The molecular formula is C23H14F3N3S. The Kier molecular flexibility index (Phi) is 4.52. The van der Waals surface area contributed by atoms with E-state index in [-0.39, 0.29) is 17.1 Å². The molecule has 0 fully saturated rings. The van der Waals surface area contributed by atoms with Gasteiger partial charge in [-0.3, -0.25) is 4.40 Å². The minimum atomic E-state index is -0.704. The van der Waals surface area contributed by atoms with E-state index in [0.717, 1.165) is 11.3 Å². The van der Waals surface area contributed by atoms with Crippen molar-refractivity contribution >= 4 is 27.8 Å². The summed E-state index contributed by atoms with van der Waals surface area (Å²) in [5.74, 6) is -1.38. The second kappa shape index (κ2) is 7.35. The Bertz CT molecular complexity index is 1320. The summed E-state index contributed by atoms with van der Waals surface area (Å²) in [6, 6.07) is 19.1. The number of aromatic nitrogens is 2. The van der Waals surface area contributed by atoms with Gasteiger partial charge < -0.3 is 5.32 Å². The predicted octanol–water partition coefficient (Wildman–Crippen LogP) is 6.89. The Labute approximate surface area is 174 Å². The molecule has 0 aliphatic heterocycles. The highest BCUT2D eigenvalue weighted by molar-refractivity contribution is 7.15. The molecule has 0 saturated carbocycles. The summed E-state index contributed by atoms with van der Waals surface area (Å²) in [6.07, 6.45) is 0. The number of anilines is 2. The third kappa shape index (κ3) is 3.13. The first-order valence-electron chi connectivity index (χ1n) is 9.14. The van der Waals surface area contributed by atoms with Crippen LogP contribution >= 0.6 is 11.3 Å². The number of nitrogens with zero attached hydrogens (tertiary/aromatic N) is 2. The summed E-state index contributed by atoms with van der Waals surface area (Å²) in [5, 5.41) is 5.12. The molecule has 0 bridgehead atoms. The van der Waals surface area contributed by atoms with E-state index < -0.39 is 11.6 Å². The summed E-state index contributed by atoms with van der Waals surface area (Å²) < 4.78 is 44.4. The van der Waals surface area contributed by atoms with E-state index >= 15 is 0 Å². The van der Waals surface area contributed by atoms with Gasteiger partial charge in [0.15, 0.2) is 4.96 Å². The van der Waals surface area contributed by atoms with E-state index in [1.807, 2.05) is 40.1 Å². The molecule has 0 aliphatic carbocycles. The molecule has 0 unspecified atom stereocenters. The molecule has 2 aromatic heterocycles. The average Bonchev–Trinajstić information content (AvgIpc) is 3.31. The maximum Gasteiger partial charge on any atom is 0.196 e. The van der Waals surface area contributed by atoms with Crippen LogP contribution in [-0.4, -0.2) is 9.38 Å². The van der Waals surface area contributed by atoms with E-state index in [0.29, 0.717) is 16.5 Å². The first-order valence-corrected chi connectivity index (χ1v) is 10.0. The Hall–Kier alpha value is -3.58. The van der Waals surface area contributed by atoms with Crippen molar-refractivity contribution in [2.24, 2.45) is 0 Å². The molecule has 0 radical (unpaired) electrons. The first kappa shape index (κ1) is 18.4. The van der Waals surface area contributed by atoms with Gasteiger partial charge in [0, 0.05) is 11.1 Å². The monoisotopic (exact) mass is 421 g/mol. The van der Waals surface area contributed by atoms with Gasteiger partial charge in [-0.15, -0.1) is 11.3 Å². The van der Waals surface area contributed by atoms with Crippen LogP contribution in [0.15, 0.2) is 78.2 Å². The van der Waals surface area contributed by atoms with Gasteiger partial charge in [0.05, 0.1) is 11.3 Å². The number of benzene rings is 3. The molecule has 3 aromatic carbocycles. The molecule has 30 heavy (non-hydrogen) atoms. The number of halogens is 3. The van der Waals surface area contributed by atoms with Crippen LogP contribution in [0.5, 0.6) is 0 Å². The van der Waals surface area contributed by atoms with Crippen LogP contribution in [0.4, 0.5) is 24.7 Å². The summed E-state index contributed by atoms with van der Waals surface area (Å²) in [4.78, 5) is 5.11. The molecule has 148 valence electrons. The molecule has 0 spiro atoms. The third-order valence-electron chi connectivity index (χ3n) is 4.74. The normalized spacial score (nSPS) is 11.2. The van der Waals surface area contributed by atoms with Crippen LogP contribution < -0.4 is 5.32 Å². The Balaban J connectivity index is 1.78. The van der Waals surface area contributed by atoms with E-state index in [4.69, 9.17) is 0 Å². The lowest BCUT2D eigenvalue weighted by Gasteiger charge is -2.11. The fourth-order valence-electron chi connectivity index (χ4n) is 3.35. The van der Waals surface area contributed by atoms with Gasteiger partial charge in [-0.25, -0.2) is 18.2 Å². The number of imidazole rings is 1. The van der Waals surface area contributed by atoms with Crippen molar-refractivity contribution in [2.75, 3.05) is 5.32 Å². The van der Waals surface area contributed by atoms with Crippen molar-refractivity contribution < 1.29 is 13.2 Å². The highest BCUT2D eigenvalue weighted by Crippen LogP contribution is 2.39. The minimum Gasteiger partial charge on any atom is -0.339 e. The Morgan fingerprint density at radius 2 is 1.50 bits per heavy atom. The molecule has 5 rings (SSSR count). The lowest BCUT2D eigenvalue weighted by molar-refractivity contribution is 0.589. The van der Waals surface area contributed by atoms with E-state index in [2.05, 4.69) is 10.3 Å². The van der Waals surface area contributed by atoms with Gasteiger partial charge in [-0.1, -0.05) is 36.4 Å². The molecule has 0 amide bonds. The number of hydrogen-bond donors (Lipinski definition) is 1. The zero-order valence-electron chi connectivity index (χ0n) is 15.4. The molecular weight excluding hydrogens is 407 g/mol. The summed E-state index contributed by atoms with van der Waals surface area (Å²) >= 11 is 1.37. The van der Waals surface area contributed by atoms with Gasteiger partial charge in [0.2, 0.25) is 0 Å². The van der Waals surface area contributed by atoms with Crippen LogP contribution in [0.2, 0.25) is 0 Å². The van der Waals surface area contributed by atoms with Crippen LogP contribution in [-0.2, 0) is 0 Å². The van der Waals surface area contributed by atoms with Gasteiger partial charge in [0.25, 0.3) is 0 Å². The number of thiazole rings is 1. The molecule has 7 heteroatoms. The standard InChI is InChI=1S/C23H14F3N3S/c24-15-9-11-16(12-10-15)27-22-21(20-17(25)7-4-8-18(20)26)28-23-29(22)19(13-30-23)14-5-2-1-3-6-14/h1-13,27H. The number of fused-ring (bicyclic) bond motifs is 1. The topological polar surface area (TPSA) is 29.3 Å². The van der Waals surface area contributed by atoms with Crippen molar-refractivity contribution in [1.29, 1.82) is 0 Å². The van der Waals surface area contributed by atoms with Gasteiger partial charge in [-0.05, 0) is 42.0 Å². The van der Waals surface area contributed by atoms with Crippen molar-refractivity contribution in [3.8, 4) is 22.5 Å². The number of nitrogens with one attached hydrogen (secondary N) is 1. The van der Waals surface area contributed by atoms with E-state index in [1.165, 1.54) is 41.7 Å². The third-order valence-corrected chi connectivity index (χ3v) is 5.57. The largest absolute Gasteiger partial charge is 0.339 e. The highest BCUT2D eigenvalue weighted by Gasteiger charge is 2.23. The Morgan fingerprint density at radius 1 is 0.800 bits per heavy atom. The second-order valence-corrected chi connectivity index (χ2v) is 7.48. The quantitative estimate of drug-likeness (QED) is 0.342. The molecule has 3 nitrogen and oxygen atoms in total. The van der Waals surface area contributed by atoms with Gasteiger partial charge in [0.1, 0.15) is 29.0 Å². The number of rotatable bonds is 4. The highest BCUT2D eigenvalue weighted by atomic mass is 32.1. The van der Waals surface area contributed by atoms with E-state index in [9.17, 15) is 13.2 Å². The number of hydrogen-bond acceptors (Lipinski definition) is 3. The van der Waals surface area contributed by atoms with Gasteiger partial charge in [-0.2, -0.15) is 0 Å². The zero-order valence-corrected chi connectivity index (χ0v) is 16.3.